The first-order chi connectivity index (χ1) is 14.3. The Morgan fingerprint density at radius 3 is 2.67 bits per heavy atom. The topological polar surface area (TPSA) is 105 Å². The van der Waals surface area contributed by atoms with Gasteiger partial charge in [0.05, 0.1) is 5.56 Å². The quantitative estimate of drug-likeness (QED) is 0.471. The average molecular weight is 408 g/mol. The van der Waals surface area contributed by atoms with Gasteiger partial charge in [-0.3, -0.25) is 14.2 Å². The molecule has 156 valence electrons. The lowest BCUT2D eigenvalue weighted by atomic mass is 9.98. The Balaban J connectivity index is 2.15. The van der Waals surface area contributed by atoms with Crippen molar-refractivity contribution in [2.24, 2.45) is 0 Å². The van der Waals surface area contributed by atoms with E-state index in [0.717, 1.165) is 15.5 Å². The van der Waals surface area contributed by atoms with Crippen molar-refractivity contribution in [3.63, 3.8) is 0 Å². The number of rotatable bonds is 7. The Morgan fingerprint density at radius 2 is 2.00 bits per heavy atom. The van der Waals surface area contributed by atoms with E-state index in [2.05, 4.69) is 0 Å². The Hall–Kier alpha value is -3.37. The summed E-state index contributed by atoms with van der Waals surface area (Å²) in [6, 6.07) is 7.46. The predicted molar refractivity (Wildman–Crippen MR) is 112 cm³/mol. The van der Waals surface area contributed by atoms with Gasteiger partial charge in [-0.2, -0.15) is 5.26 Å². The average Bonchev–Trinajstić information content (AvgIpc) is 3.03. The summed E-state index contributed by atoms with van der Waals surface area (Å²) in [6.45, 7) is 8.11. The van der Waals surface area contributed by atoms with E-state index < -0.39 is 17.2 Å². The molecular weight excluding hydrogens is 384 g/mol. The summed E-state index contributed by atoms with van der Waals surface area (Å²) in [6.07, 6.45) is 0.450. The maximum absolute atomic E-state index is 13.4. The van der Waals surface area contributed by atoms with E-state index in [4.69, 9.17) is 9.15 Å². The molecular formula is C23H24N2O5. The van der Waals surface area contributed by atoms with Crippen LogP contribution in [0, 0.1) is 32.1 Å². The lowest BCUT2D eigenvalue weighted by Crippen LogP contribution is -2.27. The van der Waals surface area contributed by atoms with Gasteiger partial charge in [-0.05, 0) is 51.8 Å². The van der Waals surface area contributed by atoms with Crippen LogP contribution in [0.15, 0.2) is 27.4 Å². The van der Waals surface area contributed by atoms with Crippen LogP contribution in [0.3, 0.4) is 0 Å². The minimum absolute atomic E-state index is 0.0809. The van der Waals surface area contributed by atoms with Gasteiger partial charge in [0.15, 0.2) is 5.76 Å². The highest BCUT2D eigenvalue weighted by Crippen LogP contribution is 2.31. The number of hydrogen-bond donors (Lipinski definition) is 1. The van der Waals surface area contributed by atoms with E-state index in [0.29, 0.717) is 30.8 Å². The number of ether oxygens (including phenoxy) is 1. The number of nitrogens with zero attached hydrogens (tertiary/aromatic N) is 2. The first-order valence-electron chi connectivity index (χ1n) is 9.80. The summed E-state index contributed by atoms with van der Waals surface area (Å²) in [5.74, 6) is -0.946. The highest BCUT2D eigenvalue weighted by molar-refractivity contribution is 6.12. The van der Waals surface area contributed by atoms with Gasteiger partial charge in [-0.15, -0.1) is 0 Å². The highest BCUT2D eigenvalue weighted by atomic mass is 16.5. The van der Waals surface area contributed by atoms with Crippen molar-refractivity contribution in [3.8, 4) is 11.9 Å². The van der Waals surface area contributed by atoms with Crippen LogP contribution in [0.4, 0.5) is 0 Å². The summed E-state index contributed by atoms with van der Waals surface area (Å²) in [7, 11) is 0. The molecule has 7 nitrogen and oxygen atoms in total. The van der Waals surface area contributed by atoms with Crippen LogP contribution < -0.4 is 5.56 Å². The summed E-state index contributed by atoms with van der Waals surface area (Å²) >= 11 is 0. The number of hydrogen-bond acceptors (Lipinski definition) is 6. The molecule has 0 unspecified atom stereocenters. The van der Waals surface area contributed by atoms with Crippen LogP contribution in [0.2, 0.25) is 0 Å². The molecule has 0 bridgehead atoms. The number of nitriles is 1. The van der Waals surface area contributed by atoms with E-state index in [9.17, 15) is 20.0 Å². The van der Waals surface area contributed by atoms with Gasteiger partial charge in [0, 0.05) is 30.7 Å². The number of benzene rings is 1. The lowest BCUT2D eigenvalue weighted by molar-refractivity contribution is 0.100. The smallest absolute Gasteiger partial charge is 0.271 e. The van der Waals surface area contributed by atoms with E-state index in [1.807, 2.05) is 32.0 Å². The van der Waals surface area contributed by atoms with Crippen molar-refractivity contribution in [1.82, 2.24) is 4.57 Å². The van der Waals surface area contributed by atoms with Crippen LogP contribution in [0.5, 0.6) is 5.88 Å². The summed E-state index contributed by atoms with van der Waals surface area (Å²) in [5, 5.41) is 21.1. The van der Waals surface area contributed by atoms with Gasteiger partial charge >= 0.3 is 0 Å². The van der Waals surface area contributed by atoms with Crippen molar-refractivity contribution in [2.45, 2.75) is 40.7 Å². The molecule has 0 aliphatic heterocycles. The van der Waals surface area contributed by atoms with E-state index in [-0.39, 0.29) is 29.0 Å². The van der Waals surface area contributed by atoms with E-state index >= 15 is 0 Å². The third kappa shape index (κ3) is 3.62. The molecule has 0 radical (unpaired) electrons. The monoisotopic (exact) mass is 408 g/mol. The normalized spacial score (nSPS) is 11.0. The molecule has 2 heterocycles. The predicted octanol–water partition coefficient (Wildman–Crippen LogP) is 3.75. The minimum Gasteiger partial charge on any atom is -0.494 e. The van der Waals surface area contributed by atoms with Gasteiger partial charge in [-0.1, -0.05) is 11.6 Å². The number of fused-ring (bicyclic) bond motifs is 1. The molecule has 1 N–H and O–H groups in total. The second kappa shape index (κ2) is 8.56. The number of carbonyl (C=O) groups is 1. The van der Waals surface area contributed by atoms with E-state index in [1.54, 1.807) is 13.0 Å². The number of pyridine rings is 1. The molecule has 0 spiro atoms. The van der Waals surface area contributed by atoms with Gasteiger partial charge in [0.1, 0.15) is 17.2 Å². The van der Waals surface area contributed by atoms with Crippen molar-refractivity contribution >= 4 is 16.8 Å². The first kappa shape index (κ1) is 21.3. The van der Waals surface area contributed by atoms with Crippen LogP contribution >= 0.6 is 0 Å². The molecule has 30 heavy (non-hydrogen) atoms. The molecule has 3 rings (SSSR count). The summed E-state index contributed by atoms with van der Waals surface area (Å²) in [4.78, 5) is 26.0. The van der Waals surface area contributed by atoms with E-state index in [1.165, 1.54) is 6.92 Å². The molecule has 3 aromatic rings. The Labute approximate surface area is 174 Å². The first-order valence-corrected chi connectivity index (χ1v) is 9.80. The molecule has 0 fully saturated rings. The highest BCUT2D eigenvalue weighted by Gasteiger charge is 2.28. The largest absolute Gasteiger partial charge is 0.494 e. The molecule has 0 atom stereocenters. The summed E-state index contributed by atoms with van der Waals surface area (Å²) in [5.41, 5.74) is 1.48. The molecule has 0 saturated carbocycles. The van der Waals surface area contributed by atoms with Crippen LogP contribution in [-0.2, 0) is 11.3 Å². The molecule has 2 aromatic heterocycles. The molecule has 0 aliphatic carbocycles. The number of ketones is 1. The number of carbonyl (C=O) groups excluding carboxylic acids is 1. The molecule has 0 saturated heterocycles. The van der Waals surface area contributed by atoms with Gasteiger partial charge in [-0.25, -0.2) is 0 Å². The fraction of sp³-hybridized carbons (Fsp3) is 0.348. The number of aromatic nitrogens is 1. The third-order valence-electron chi connectivity index (χ3n) is 5.20. The second-order valence-electron chi connectivity index (χ2n) is 7.20. The van der Waals surface area contributed by atoms with Gasteiger partial charge < -0.3 is 14.3 Å². The molecule has 7 heteroatoms. The zero-order valence-corrected chi connectivity index (χ0v) is 17.5. The number of aromatic hydroxyl groups is 1. The van der Waals surface area contributed by atoms with Crippen LogP contribution in [-0.4, -0.2) is 28.7 Å². The maximum atomic E-state index is 13.4. The minimum atomic E-state index is -0.627. The second-order valence-corrected chi connectivity index (χ2v) is 7.20. The number of furan rings is 1. The van der Waals surface area contributed by atoms with Crippen molar-refractivity contribution in [2.75, 3.05) is 13.2 Å². The molecule has 1 aromatic carbocycles. The Kier molecular flexibility index (Phi) is 6.09. The third-order valence-corrected chi connectivity index (χ3v) is 5.20. The zero-order valence-electron chi connectivity index (χ0n) is 17.5. The fourth-order valence-electron chi connectivity index (χ4n) is 3.56. The van der Waals surface area contributed by atoms with Crippen molar-refractivity contribution in [1.29, 1.82) is 5.26 Å². The van der Waals surface area contributed by atoms with Crippen LogP contribution in [0.25, 0.3) is 11.0 Å². The standard InChI is InChI=1S/C23H24N2O5/c1-5-29-10-6-9-25-22(27)17(12-24)14(3)19(23(25)28)20(26)21-15(4)16-11-13(2)7-8-18(16)30-21/h7-8,11,28H,5-6,9-10H2,1-4H3. The summed E-state index contributed by atoms with van der Waals surface area (Å²) < 4.78 is 12.1. The molecule has 0 amide bonds. The van der Waals surface area contributed by atoms with Crippen molar-refractivity contribution in [3.05, 3.63) is 62.1 Å². The molecule has 0 aliphatic rings. The SMILES string of the molecule is CCOCCCn1c(O)c(C(=O)c2oc3ccc(C)cc3c2C)c(C)c(C#N)c1=O. The van der Waals surface area contributed by atoms with Gasteiger partial charge in [0.25, 0.3) is 5.56 Å². The van der Waals surface area contributed by atoms with Gasteiger partial charge in [0.2, 0.25) is 11.7 Å². The zero-order chi connectivity index (χ0) is 22.0. The lowest BCUT2D eigenvalue weighted by Gasteiger charge is -2.15. The maximum Gasteiger partial charge on any atom is 0.271 e. The Bertz CT molecular complexity index is 1230. The fourth-order valence-corrected chi connectivity index (χ4v) is 3.56. The number of aryl methyl sites for hydroxylation is 2. The van der Waals surface area contributed by atoms with Crippen LogP contribution in [0.1, 0.15) is 51.7 Å². The van der Waals surface area contributed by atoms with Crippen molar-refractivity contribution < 1.29 is 19.1 Å². The Morgan fingerprint density at radius 1 is 1.27 bits per heavy atom.